The van der Waals surface area contributed by atoms with Crippen molar-refractivity contribution >= 4 is 5.91 Å². The fraction of sp³-hybridized carbons (Fsp3) is 0.889. The number of carbonyl (C=O) groups is 1. The van der Waals surface area contributed by atoms with E-state index in [0.717, 1.165) is 0 Å². The van der Waals surface area contributed by atoms with E-state index in [1.807, 2.05) is 0 Å². The van der Waals surface area contributed by atoms with E-state index in [4.69, 9.17) is 11.2 Å². The summed E-state index contributed by atoms with van der Waals surface area (Å²) in [5.41, 5.74) is 0. The van der Waals surface area contributed by atoms with Gasteiger partial charge in [-0.1, -0.05) is 6.90 Å². The fourth-order valence-electron chi connectivity index (χ4n) is 1.51. The first-order valence-electron chi connectivity index (χ1n) is 5.61. The van der Waals surface area contributed by atoms with Crippen molar-refractivity contribution in [1.29, 1.82) is 0 Å². The number of rotatable bonds is 3. The van der Waals surface area contributed by atoms with Crippen LogP contribution in [0.3, 0.4) is 0 Å². The van der Waals surface area contributed by atoms with Crippen LogP contribution in [0.5, 0.6) is 0 Å². The average molecular weight is 236 g/mol. The summed E-state index contributed by atoms with van der Waals surface area (Å²) in [5, 5.41) is 39.8. The van der Waals surface area contributed by atoms with Gasteiger partial charge in [-0.3, -0.25) is 4.79 Å². The van der Waals surface area contributed by atoms with Crippen LogP contribution in [0.15, 0.2) is 0 Å². The lowest BCUT2D eigenvalue weighted by molar-refractivity contribution is -0.253. The van der Waals surface area contributed by atoms with E-state index in [2.05, 4.69) is 5.32 Å². The van der Waals surface area contributed by atoms with Gasteiger partial charge >= 0.3 is 0 Å². The lowest BCUT2D eigenvalue weighted by Crippen LogP contribution is -2.64. The van der Waals surface area contributed by atoms with E-state index in [0.29, 0.717) is 0 Å². The molecule has 5 N–H and O–H groups in total. The second-order valence-electron chi connectivity index (χ2n) is 3.57. The van der Waals surface area contributed by atoms with Gasteiger partial charge in [-0.2, -0.15) is 0 Å². The van der Waals surface area contributed by atoms with E-state index in [-0.39, 0.29) is 13.3 Å². The maximum atomic E-state index is 11.2. The van der Waals surface area contributed by atoms with Gasteiger partial charge in [0, 0.05) is 7.79 Å². The van der Waals surface area contributed by atoms with Gasteiger partial charge in [0.15, 0.2) is 6.29 Å². The Labute approximate surface area is 94.1 Å². The summed E-state index contributed by atoms with van der Waals surface area (Å²) >= 11 is 0. The lowest BCUT2D eigenvalue weighted by Gasteiger charge is -2.40. The van der Waals surface area contributed by atoms with Crippen LogP contribution in [0, 0.1) is 0 Å². The Morgan fingerprint density at radius 2 is 2.12 bits per heavy atom. The zero-order chi connectivity index (χ0) is 13.0. The standard InChI is InChI=1S/C9H17NO6/c1-2-5(12)10-6-8(14)7(13)4(3-11)16-9(6)15/h4,6-9,11,13-15H,2-3H2,1H3,(H,10,12)/t4-,6-,7+,8-,9?/m1/s1/i1D. The summed E-state index contributed by atoms with van der Waals surface area (Å²) in [7, 11) is 0. The molecule has 0 spiro atoms. The minimum Gasteiger partial charge on any atom is -0.394 e. The third-order valence-electron chi connectivity index (χ3n) is 2.45. The predicted molar refractivity (Wildman–Crippen MR) is 52.2 cm³/mol. The molecule has 16 heavy (non-hydrogen) atoms. The third kappa shape index (κ3) is 2.69. The van der Waals surface area contributed by atoms with Crippen molar-refractivity contribution in [3.05, 3.63) is 0 Å². The smallest absolute Gasteiger partial charge is 0.220 e. The van der Waals surface area contributed by atoms with Gasteiger partial charge in [-0.05, 0) is 0 Å². The van der Waals surface area contributed by atoms with Crippen molar-refractivity contribution in [2.75, 3.05) is 6.61 Å². The van der Waals surface area contributed by atoms with E-state index < -0.39 is 43.2 Å². The monoisotopic (exact) mass is 236 g/mol. The van der Waals surface area contributed by atoms with E-state index >= 15 is 0 Å². The van der Waals surface area contributed by atoms with E-state index in [1.54, 1.807) is 0 Å². The minimum absolute atomic E-state index is 0.0739. The van der Waals surface area contributed by atoms with Gasteiger partial charge in [-0.25, -0.2) is 0 Å². The maximum Gasteiger partial charge on any atom is 0.220 e. The van der Waals surface area contributed by atoms with E-state index in [1.165, 1.54) is 0 Å². The Morgan fingerprint density at radius 1 is 1.44 bits per heavy atom. The van der Waals surface area contributed by atoms with Crippen molar-refractivity contribution < 1.29 is 31.3 Å². The molecule has 7 heteroatoms. The molecule has 5 atom stereocenters. The molecule has 0 radical (unpaired) electrons. The first-order chi connectivity index (χ1) is 8.01. The highest BCUT2D eigenvalue weighted by Crippen LogP contribution is 2.19. The zero-order valence-corrected chi connectivity index (χ0v) is 8.61. The number of carbonyl (C=O) groups excluding carboxylic acids is 1. The number of amides is 1. The van der Waals surface area contributed by atoms with Gasteiger partial charge in [0.05, 0.1) is 6.61 Å². The summed E-state index contributed by atoms with van der Waals surface area (Å²) in [6.45, 7) is -0.671. The van der Waals surface area contributed by atoms with Crippen LogP contribution in [0.1, 0.15) is 14.7 Å². The van der Waals surface area contributed by atoms with Gasteiger partial charge in [0.1, 0.15) is 24.4 Å². The first-order valence-corrected chi connectivity index (χ1v) is 4.90. The highest BCUT2D eigenvalue weighted by atomic mass is 16.6. The number of aliphatic hydroxyl groups excluding tert-OH is 4. The number of nitrogens with one attached hydrogen (secondary N) is 1. The van der Waals surface area contributed by atoms with Crippen LogP contribution in [0.2, 0.25) is 0 Å². The first kappa shape index (κ1) is 11.7. The molecule has 7 nitrogen and oxygen atoms in total. The van der Waals surface area contributed by atoms with Crippen molar-refractivity contribution in [3.8, 4) is 0 Å². The summed E-state index contributed by atoms with van der Waals surface area (Å²) in [6.07, 6.45) is -5.52. The normalized spacial score (nSPS) is 40.2. The zero-order valence-electron chi connectivity index (χ0n) is 9.61. The van der Waals surface area contributed by atoms with Crippen molar-refractivity contribution in [1.82, 2.24) is 5.32 Å². The molecule has 1 rings (SSSR count). The SMILES string of the molecule is [2H]CCC(=O)N[C@H]1C(O)O[C@H](CO)[C@H](O)[C@@H]1O. The van der Waals surface area contributed by atoms with Crippen LogP contribution < -0.4 is 5.32 Å². The highest BCUT2D eigenvalue weighted by Gasteiger charge is 2.44. The van der Waals surface area contributed by atoms with Crippen LogP contribution in [-0.2, 0) is 9.53 Å². The highest BCUT2D eigenvalue weighted by molar-refractivity contribution is 5.76. The second kappa shape index (κ2) is 5.55. The molecule has 0 saturated carbocycles. The van der Waals surface area contributed by atoms with Gasteiger partial charge in [0.2, 0.25) is 5.91 Å². The Bertz CT molecular complexity index is 266. The van der Waals surface area contributed by atoms with E-state index in [9.17, 15) is 20.1 Å². The number of aliphatic hydroxyl groups is 4. The molecule has 1 amide bonds. The third-order valence-corrected chi connectivity index (χ3v) is 2.45. The van der Waals surface area contributed by atoms with Crippen LogP contribution in [0.4, 0.5) is 0 Å². The summed E-state index contributed by atoms with van der Waals surface area (Å²) in [5.74, 6) is -0.527. The van der Waals surface area contributed by atoms with Crippen LogP contribution in [0.25, 0.3) is 0 Å². The molecular weight excluding hydrogens is 218 g/mol. The Kier molecular flexibility index (Phi) is 4.08. The molecule has 1 heterocycles. The van der Waals surface area contributed by atoms with Gasteiger partial charge < -0.3 is 30.5 Å². The Morgan fingerprint density at radius 3 is 2.69 bits per heavy atom. The average Bonchev–Trinajstić information content (AvgIpc) is 2.29. The molecule has 0 aromatic rings. The molecule has 1 aliphatic heterocycles. The molecule has 0 bridgehead atoms. The Balaban J connectivity index is 2.63. The molecule has 0 aliphatic carbocycles. The molecule has 1 fully saturated rings. The quantitative estimate of drug-likeness (QED) is 0.364. The summed E-state index contributed by atoms with van der Waals surface area (Å²) < 4.78 is 11.7. The number of hydrogen-bond donors (Lipinski definition) is 5. The largest absolute Gasteiger partial charge is 0.394 e. The topological polar surface area (TPSA) is 119 Å². The lowest BCUT2D eigenvalue weighted by atomic mass is 9.97. The molecule has 1 aliphatic rings. The van der Waals surface area contributed by atoms with Crippen molar-refractivity contribution in [2.24, 2.45) is 0 Å². The minimum atomic E-state index is -1.51. The number of ether oxygens (including phenoxy) is 1. The van der Waals surface area contributed by atoms with Crippen molar-refractivity contribution in [2.45, 2.75) is 44.0 Å². The molecule has 0 aromatic carbocycles. The summed E-state index contributed by atoms with van der Waals surface area (Å²) in [4.78, 5) is 11.2. The van der Waals surface area contributed by atoms with Gasteiger partial charge in [0.25, 0.3) is 0 Å². The molecular formula is C9H17NO6. The van der Waals surface area contributed by atoms with Crippen LogP contribution >= 0.6 is 0 Å². The predicted octanol–water partition coefficient (Wildman–Crippen LogP) is -2.69. The molecule has 0 aromatic heterocycles. The Hall–Kier alpha value is -0.730. The van der Waals surface area contributed by atoms with Gasteiger partial charge in [-0.15, -0.1) is 0 Å². The molecule has 94 valence electrons. The van der Waals surface area contributed by atoms with Crippen LogP contribution in [-0.4, -0.2) is 63.6 Å². The second-order valence-corrected chi connectivity index (χ2v) is 3.57. The van der Waals surface area contributed by atoms with Crippen molar-refractivity contribution in [3.63, 3.8) is 0 Å². The molecule has 1 unspecified atom stereocenters. The number of hydrogen-bond acceptors (Lipinski definition) is 6. The molecule has 1 saturated heterocycles. The fourth-order valence-corrected chi connectivity index (χ4v) is 1.51. The summed E-state index contributed by atoms with van der Waals surface area (Å²) in [6, 6.07) is -1.17. The maximum absolute atomic E-state index is 11.2.